The molecule has 0 spiro atoms. The summed E-state index contributed by atoms with van der Waals surface area (Å²) < 4.78 is 5.28. The Morgan fingerprint density at radius 1 is 1.40 bits per heavy atom. The average molecular weight is 203 g/mol. The summed E-state index contributed by atoms with van der Waals surface area (Å²) in [5.41, 5.74) is 3.06. The van der Waals surface area contributed by atoms with Crippen LogP contribution in [0.15, 0.2) is 18.2 Å². The van der Waals surface area contributed by atoms with Crippen LogP contribution in [0.4, 0.5) is 0 Å². The zero-order chi connectivity index (χ0) is 10.4. The van der Waals surface area contributed by atoms with E-state index < -0.39 is 0 Å². The number of rotatable bonds is 2. The fraction of sp³-hybridized carbons (Fsp3) is 0.538. The molecule has 1 aromatic rings. The molecule has 3 rings (SSSR count). The van der Waals surface area contributed by atoms with Crippen LogP contribution in [0.5, 0.6) is 5.75 Å². The predicted octanol–water partition coefficient (Wildman–Crippen LogP) is 1.94. The molecule has 2 aliphatic carbocycles. The first-order valence-electron chi connectivity index (χ1n) is 5.67. The quantitative estimate of drug-likeness (QED) is 0.793. The molecule has 1 aromatic carbocycles. The first-order chi connectivity index (χ1) is 7.33. The van der Waals surface area contributed by atoms with E-state index in [0.29, 0.717) is 0 Å². The van der Waals surface area contributed by atoms with Crippen molar-refractivity contribution in [1.82, 2.24) is 5.32 Å². The second kappa shape index (κ2) is 3.24. The molecule has 0 amide bonds. The SMILES string of the molecule is CNC1CC2c3cc(OC)ccc3CC12. The van der Waals surface area contributed by atoms with Gasteiger partial charge in [0.05, 0.1) is 7.11 Å². The van der Waals surface area contributed by atoms with Crippen LogP contribution in [0.25, 0.3) is 0 Å². The number of ether oxygens (including phenoxy) is 1. The molecule has 0 saturated heterocycles. The lowest BCUT2D eigenvalue weighted by molar-refractivity contribution is 0.194. The summed E-state index contributed by atoms with van der Waals surface area (Å²) in [5, 5.41) is 3.41. The van der Waals surface area contributed by atoms with Gasteiger partial charge in [-0.15, -0.1) is 0 Å². The molecule has 15 heavy (non-hydrogen) atoms. The third kappa shape index (κ3) is 1.21. The van der Waals surface area contributed by atoms with Crippen LogP contribution >= 0.6 is 0 Å². The molecular formula is C13H17NO. The summed E-state index contributed by atoms with van der Waals surface area (Å²) in [4.78, 5) is 0. The fourth-order valence-corrected chi connectivity index (χ4v) is 3.17. The topological polar surface area (TPSA) is 21.3 Å². The monoisotopic (exact) mass is 203 g/mol. The van der Waals surface area contributed by atoms with E-state index in [-0.39, 0.29) is 0 Å². The second-order valence-electron chi connectivity index (χ2n) is 4.67. The van der Waals surface area contributed by atoms with Crippen molar-refractivity contribution in [3.05, 3.63) is 29.3 Å². The Labute approximate surface area is 90.6 Å². The Hall–Kier alpha value is -1.02. The summed E-state index contributed by atoms with van der Waals surface area (Å²) in [6.07, 6.45) is 2.54. The fourth-order valence-electron chi connectivity index (χ4n) is 3.17. The Kier molecular flexibility index (Phi) is 1.99. The second-order valence-corrected chi connectivity index (χ2v) is 4.67. The van der Waals surface area contributed by atoms with Crippen molar-refractivity contribution in [3.63, 3.8) is 0 Å². The maximum atomic E-state index is 5.28. The van der Waals surface area contributed by atoms with E-state index in [1.165, 1.54) is 24.0 Å². The molecule has 3 atom stereocenters. The summed E-state index contributed by atoms with van der Waals surface area (Å²) in [6.45, 7) is 0. The zero-order valence-electron chi connectivity index (χ0n) is 9.29. The summed E-state index contributed by atoms with van der Waals surface area (Å²) in [5.74, 6) is 2.62. The van der Waals surface area contributed by atoms with Gasteiger partial charge >= 0.3 is 0 Å². The highest BCUT2D eigenvalue weighted by molar-refractivity contribution is 5.44. The largest absolute Gasteiger partial charge is 0.497 e. The Morgan fingerprint density at radius 3 is 3.00 bits per heavy atom. The third-order valence-corrected chi connectivity index (χ3v) is 4.12. The van der Waals surface area contributed by atoms with Gasteiger partial charge in [0.2, 0.25) is 0 Å². The molecule has 1 N–H and O–H groups in total. The van der Waals surface area contributed by atoms with E-state index in [4.69, 9.17) is 4.74 Å². The number of hydrogen-bond donors (Lipinski definition) is 1. The van der Waals surface area contributed by atoms with Gasteiger partial charge in [0.15, 0.2) is 0 Å². The molecule has 0 heterocycles. The zero-order valence-corrected chi connectivity index (χ0v) is 9.29. The Bertz CT molecular complexity index is 388. The van der Waals surface area contributed by atoms with Crippen molar-refractivity contribution in [2.24, 2.45) is 5.92 Å². The molecule has 1 saturated carbocycles. The van der Waals surface area contributed by atoms with Gasteiger partial charge in [-0.25, -0.2) is 0 Å². The van der Waals surface area contributed by atoms with Gasteiger partial charge in [0, 0.05) is 6.04 Å². The summed E-state index contributed by atoms with van der Waals surface area (Å²) in [6, 6.07) is 7.27. The highest BCUT2D eigenvalue weighted by Crippen LogP contribution is 2.51. The van der Waals surface area contributed by atoms with Gasteiger partial charge in [-0.05, 0) is 55.0 Å². The smallest absolute Gasteiger partial charge is 0.119 e. The number of methoxy groups -OCH3 is 1. The molecule has 80 valence electrons. The highest BCUT2D eigenvalue weighted by Gasteiger charge is 2.46. The van der Waals surface area contributed by atoms with E-state index >= 15 is 0 Å². The first kappa shape index (κ1) is 9.22. The lowest BCUT2D eigenvalue weighted by Crippen LogP contribution is -2.46. The lowest BCUT2D eigenvalue weighted by Gasteiger charge is -2.40. The van der Waals surface area contributed by atoms with E-state index in [1.807, 2.05) is 0 Å². The van der Waals surface area contributed by atoms with Crippen LogP contribution in [0.3, 0.4) is 0 Å². The van der Waals surface area contributed by atoms with Crippen molar-refractivity contribution in [3.8, 4) is 5.75 Å². The number of hydrogen-bond acceptors (Lipinski definition) is 2. The van der Waals surface area contributed by atoms with Crippen molar-refractivity contribution in [2.45, 2.75) is 24.8 Å². The number of fused-ring (bicyclic) bond motifs is 3. The molecule has 2 aliphatic rings. The number of nitrogens with one attached hydrogen (secondary N) is 1. The standard InChI is InChI=1S/C13H17NO/c1-14-13-7-11-10-6-9(15-2)4-3-8(10)5-12(11)13/h3-4,6,11-14H,5,7H2,1-2H3. The van der Waals surface area contributed by atoms with Crippen molar-refractivity contribution in [2.75, 3.05) is 14.2 Å². The molecule has 2 nitrogen and oxygen atoms in total. The molecular weight excluding hydrogens is 186 g/mol. The van der Waals surface area contributed by atoms with E-state index in [2.05, 4.69) is 30.6 Å². The van der Waals surface area contributed by atoms with Gasteiger partial charge < -0.3 is 10.1 Å². The summed E-state index contributed by atoms with van der Waals surface area (Å²) in [7, 11) is 3.82. The molecule has 1 fully saturated rings. The van der Waals surface area contributed by atoms with Crippen LogP contribution in [-0.2, 0) is 6.42 Å². The average Bonchev–Trinajstić information content (AvgIpc) is 2.52. The van der Waals surface area contributed by atoms with Crippen LogP contribution in [0, 0.1) is 5.92 Å². The maximum absolute atomic E-state index is 5.28. The minimum Gasteiger partial charge on any atom is -0.497 e. The third-order valence-electron chi connectivity index (χ3n) is 4.12. The van der Waals surface area contributed by atoms with Crippen LogP contribution in [-0.4, -0.2) is 20.2 Å². The highest BCUT2D eigenvalue weighted by atomic mass is 16.5. The van der Waals surface area contributed by atoms with Crippen molar-refractivity contribution < 1.29 is 4.74 Å². The molecule has 3 unspecified atom stereocenters. The molecule has 2 heteroatoms. The van der Waals surface area contributed by atoms with Gasteiger partial charge in [-0.1, -0.05) is 6.07 Å². The van der Waals surface area contributed by atoms with Crippen molar-refractivity contribution in [1.29, 1.82) is 0 Å². The van der Waals surface area contributed by atoms with Gasteiger partial charge in [0.1, 0.15) is 5.75 Å². The summed E-state index contributed by atoms with van der Waals surface area (Å²) >= 11 is 0. The van der Waals surface area contributed by atoms with Gasteiger partial charge in [0.25, 0.3) is 0 Å². The van der Waals surface area contributed by atoms with E-state index in [9.17, 15) is 0 Å². The van der Waals surface area contributed by atoms with Gasteiger partial charge in [-0.3, -0.25) is 0 Å². The number of benzene rings is 1. The minimum atomic E-state index is 0.730. The van der Waals surface area contributed by atoms with Crippen molar-refractivity contribution >= 4 is 0 Å². The van der Waals surface area contributed by atoms with E-state index in [1.54, 1.807) is 7.11 Å². The van der Waals surface area contributed by atoms with E-state index in [0.717, 1.165) is 23.6 Å². The maximum Gasteiger partial charge on any atom is 0.119 e. The normalized spacial score (nSPS) is 31.7. The first-order valence-corrected chi connectivity index (χ1v) is 5.67. The van der Waals surface area contributed by atoms with Gasteiger partial charge in [-0.2, -0.15) is 0 Å². The lowest BCUT2D eigenvalue weighted by atomic mass is 9.70. The Morgan fingerprint density at radius 2 is 2.27 bits per heavy atom. The minimum absolute atomic E-state index is 0.730. The van der Waals surface area contributed by atoms with Crippen LogP contribution in [0.1, 0.15) is 23.5 Å². The molecule has 0 aromatic heterocycles. The van der Waals surface area contributed by atoms with Crippen LogP contribution in [0.2, 0.25) is 0 Å². The Balaban J connectivity index is 1.91. The molecule has 0 aliphatic heterocycles. The molecule has 0 radical (unpaired) electrons. The molecule has 0 bridgehead atoms. The predicted molar refractivity (Wildman–Crippen MR) is 60.4 cm³/mol. The van der Waals surface area contributed by atoms with Crippen LogP contribution < -0.4 is 10.1 Å².